The van der Waals surface area contributed by atoms with Crippen molar-refractivity contribution in [2.75, 3.05) is 25.6 Å². The van der Waals surface area contributed by atoms with Gasteiger partial charge in [0.05, 0.1) is 31.4 Å². The summed E-state index contributed by atoms with van der Waals surface area (Å²) >= 11 is 0. The Bertz CT molecular complexity index is 863. The fourth-order valence-corrected chi connectivity index (χ4v) is 3.54. The molecule has 0 spiro atoms. The molecule has 1 saturated heterocycles. The predicted molar refractivity (Wildman–Crippen MR) is 118 cm³/mol. The van der Waals surface area contributed by atoms with Gasteiger partial charge < -0.3 is 24.8 Å². The molecule has 1 aliphatic heterocycles. The zero-order valence-corrected chi connectivity index (χ0v) is 18.1. The zero-order valence-electron chi connectivity index (χ0n) is 18.1. The van der Waals surface area contributed by atoms with Crippen molar-refractivity contribution < 1.29 is 23.8 Å². The largest absolute Gasteiger partial charge is 0.497 e. The molecule has 1 aliphatic rings. The number of methoxy groups -OCH3 is 1. The molecule has 7 heteroatoms. The molecule has 2 atom stereocenters. The van der Waals surface area contributed by atoms with E-state index < -0.39 is 6.04 Å². The number of hydrogen-bond acceptors (Lipinski definition) is 5. The van der Waals surface area contributed by atoms with E-state index in [-0.39, 0.29) is 24.3 Å². The number of ether oxygens (including phenoxy) is 3. The Labute approximate surface area is 183 Å². The standard InChI is InChI=1S/C24H30N2O5/c1-17(27)25-22(18-10-12-19(29-2)13-11-18)15-24(28)26-21-8-3-4-9-23(21)31-16-20-7-5-6-14-30-20/h3-4,8-13,20,22H,5-7,14-16H2,1-2H3,(H,25,27)(H,26,28). The van der Waals surface area contributed by atoms with Crippen molar-refractivity contribution in [1.82, 2.24) is 5.32 Å². The Balaban J connectivity index is 1.64. The number of amides is 2. The van der Waals surface area contributed by atoms with Crippen LogP contribution >= 0.6 is 0 Å². The molecule has 7 nitrogen and oxygen atoms in total. The van der Waals surface area contributed by atoms with E-state index in [1.54, 1.807) is 25.3 Å². The lowest BCUT2D eigenvalue weighted by molar-refractivity contribution is -0.120. The number of para-hydroxylation sites is 2. The predicted octanol–water partition coefficient (Wildman–Crippen LogP) is 3.85. The van der Waals surface area contributed by atoms with E-state index in [4.69, 9.17) is 14.2 Å². The summed E-state index contributed by atoms with van der Waals surface area (Å²) in [6, 6.07) is 14.2. The Morgan fingerprint density at radius 1 is 1.13 bits per heavy atom. The third-order valence-electron chi connectivity index (χ3n) is 5.15. The van der Waals surface area contributed by atoms with Crippen molar-refractivity contribution in [1.29, 1.82) is 0 Å². The summed E-state index contributed by atoms with van der Waals surface area (Å²) in [7, 11) is 1.59. The van der Waals surface area contributed by atoms with Crippen LogP contribution in [-0.2, 0) is 14.3 Å². The first-order valence-corrected chi connectivity index (χ1v) is 10.6. The highest BCUT2D eigenvalue weighted by atomic mass is 16.5. The average Bonchev–Trinajstić information content (AvgIpc) is 2.78. The number of rotatable bonds is 9. The SMILES string of the molecule is COc1ccc(C(CC(=O)Nc2ccccc2OCC2CCCCO2)NC(C)=O)cc1. The average molecular weight is 427 g/mol. The fraction of sp³-hybridized carbons (Fsp3) is 0.417. The van der Waals surface area contributed by atoms with Crippen molar-refractivity contribution in [3.05, 3.63) is 54.1 Å². The van der Waals surface area contributed by atoms with Gasteiger partial charge in [-0.05, 0) is 49.1 Å². The number of benzene rings is 2. The summed E-state index contributed by atoms with van der Waals surface area (Å²) in [6.45, 7) is 2.65. The van der Waals surface area contributed by atoms with E-state index >= 15 is 0 Å². The maximum absolute atomic E-state index is 12.8. The lowest BCUT2D eigenvalue weighted by Gasteiger charge is -2.23. The first-order valence-electron chi connectivity index (χ1n) is 10.6. The molecule has 0 aromatic heterocycles. The maximum atomic E-state index is 12.8. The van der Waals surface area contributed by atoms with Crippen molar-refractivity contribution in [3.63, 3.8) is 0 Å². The Morgan fingerprint density at radius 2 is 1.90 bits per heavy atom. The second kappa shape index (κ2) is 11.4. The minimum Gasteiger partial charge on any atom is -0.497 e. The van der Waals surface area contributed by atoms with Crippen LogP contribution in [0.25, 0.3) is 0 Å². The molecular weight excluding hydrogens is 396 g/mol. The summed E-state index contributed by atoms with van der Waals surface area (Å²) in [5.41, 5.74) is 1.42. The second-order valence-corrected chi connectivity index (χ2v) is 7.57. The normalized spacial score (nSPS) is 16.8. The third kappa shape index (κ3) is 7.00. The summed E-state index contributed by atoms with van der Waals surface area (Å²) in [6.07, 6.45) is 3.38. The van der Waals surface area contributed by atoms with Crippen LogP contribution in [-0.4, -0.2) is 38.2 Å². The van der Waals surface area contributed by atoms with E-state index in [9.17, 15) is 9.59 Å². The molecule has 0 saturated carbocycles. The quantitative estimate of drug-likeness (QED) is 0.636. The number of carbonyl (C=O) groups excluding carboxylic acids is 2. The molecule has 0 radical (unpaired) electrons. The van der Waals surface area contributed by atoms with Gasteiger partial charge in [0.15, 0.2) is 0 Å². The van der Waals surface area contributed by atoms with Gasteiger partial charge in [0, 0.05) is 13.5 Å². The molecule has 2 unspecified atom stereocenters. The molecule has 0 aliphatic carbocycles. The molecule has 0 bridgehead atoms. The van der Waals surface area contributed by atoms with Gasteiger partial charge in [-0.15, -0.1) is 0 Å². The Kier molecular flexibility index (Phi) is 8.29. The van der Waals surface area contributed by atoms with Gasteiger partial charge in [-0.2, -0.15) is 0 Å². The van der Waals surface area contributed by atoms with Gasteiger partial charge in [0.2, 0.25) is 11.8 Å². The van der Waals surface area contributed by atoms with Gasteiger partial charge in [-0.3, -0.25) is 9.59 Å². The van der Waals surface area contributed by atoms with Gasteiger partial charge in [0.1, 0.15) is 18.1 Å². The Morgan fingerprint density at radius 3 is 2.58 bits per heavy atom. The monoisotopic (exact) mass is 426 g/mol. The van der Waals surface area contributed by atoms with E-state index in [1.165, 1.54) is 6.92 Å². The minimum absolute atomic E-state index is 0.0803. The minimum atomic E-state index is -0.452. The summed E-state index contributed by atoms with van der Waals surface area (Å²) in [5.74, 6) is 0.887. The van der Waals surface area contributed by atoms with Crippen molar-refractivity contribution in [2.45, 2.75) is 44.8 Å². The van der Waals surface area contributed by atoms with Gasteiger partial charge in [-0.1, -0.05) is 24.3 Å². The lowest BCUT2D eigenvalue weighted by Crippen LogP contribution is -2.30. The van der Waals surface area contributed by atoms with E-state index in [2.05, 4.69) is 10.6 Å². The number of anilines is 1. The topological polar surface area (TPSA) is 85.9 Å². The van der Waals surface area contributed by atoms with Crippen molar-refractivity contribution >= 4 is 17.5 Å². The van der Waals surface area contributed by atoms with Crippen LogP contribution in [0.4, 0.5) is 5.69 Å². The highest BCUT2D eigenvalue weighted by molar-refractivity contribution is 5.93. The lowest BCUT2D eigenvalue weighted by atomic mass is 10.0. The summed E-state index contributed by atoms with van der Waals surface area (Å²) in [5, 5.41) is 5.76. The molecule has 2 N–H and O–H groups in total. The Hall–Kier alpha value is -3.06. The summed E-state index contributed by atoms with van der Waals surface area (Å²) in [4.78, 5) is 24.5. The van der Waals surface area contributed by atoms with Gasteiger partial charge >= 0.3 is 0 Å². The molecule has 166 valence electrons. The first kappa shape index (κ1) is 22.6. The van der Waals surface area contributed by atoms with E-state index in [0.717, 1.165) is 31.4 Å². The van der Waals surface area contributed by atoms with Crippen LogP contribution in [0, 0.1) is 0 Å². The first-order chi connectivity index (χ1) is 15.0. The zero-order chi connectivity index (χ0) is 22.1. The second-order valence-electron chi connectivity index (χ2n) is 7.57. The van der Waals surface area contributed by atoms with Crippen LogP contribution in [0.5, 0.6) is 11.5 Å². The number of carbonyl (C=O) groups is 2. The molecule has 3 rings (SSSR count). The smallest absolute Gasteiger partial charge is 0.226 e. The van der Waals surface area contributed by atoms with E-state index in [1.807, 2.05) is 30.3 Å². The number of nitrogens with one attached hydrogen (secondary N) is 2. The van der Waals surface area contributed by atoms with Crippen LogP contribution in [0.3, 0.4) is 0 Å². The molecule has 2 amide bonds. The van der Waals surface area contributed by atoms with Crippen LogP contribution in [0.15, 0.2) is 48.5 Å². The molecule has 31 heavy (non-hydrogen) atoms. The van der Waals surface area contributed by atoms with Crippen LogP contribution in [0.2, 0.25) is 0 Å². The molecule has 1 heterocycles. The van der Waals surface area contributed by atoms with Crippen molar-refractivity contribution in [2.24, 2.45) is 0 Å². The molecular formula is C24H30N2O5. The van der Waals surface area contributed by atoms with Crippen LogP contribution in [0.1, 0.15) is 44.2 Å². The van der Waals surface area contributed by atoms with E-state index in [0.29, 0.717) is 23.8 Å². The maximum Gasteiger partial charge on any atom is 0.226 e. The number of hydrogen-bond donors (Lipinski definition) is 2. The highest BCUT2D eigenvalue weighted by Gasteiger charge is 2.19. The van der Waals surface area contributed by atoms with Crippen molar-refractivity contribution in [3.8, 4) is 11.5 Å². The highest BCUT2D eigenvalue weighted by Crippen LogP contribution is 2.27. The van der Waals surface area contributed by atoms with Gasteiger partial charge in [0.25, 0.3) is 0 Å². The molecule has 2 aromatic carbocycles. The van der Waals surface area contributed by atoms with Gasteiger partial charge in [-0.25, -0.2) is 0 Å². The molecule has 1 fully saturated rings. The fourth-order valence-electron chi connectivity index (χ4n) is 3.54. The third-order valence-corrected chi connectivity index (χ3v) is 5.15. The molecule has 2 aromatic rings. The van der Waals surface area contributed by atoms with Crippen LogP contribution < -0.4 is 20.1 Å². The summed E-state index contributed by atoms with van der Waals surface area (Å²) < 4.78 is 16.8.